The van der Waals surface area contributed by atoms with Crippen molar-refractivity contribution >= 4 is 23.3 Å². The molecule has 0 bridgehead atoms. The molecule has 0 saturated carbocycles. The number of phenols is 2. The van der Waals surface area contributed by atoms with E-state index >= 15 is 0 Å². The lowest BCUT2D eigenvalue weighted by Gasteiger charge is -2.42. The summed E-state index contributed by atoms with van der Waals surface area (Å²) in [6, 6.07) is 2.41. The Morgan fingerprint density at radius 1 is 1.16 bits per heavy atom. The minimum atomic E-state index is -2.32. The van der Waals surface area contributed by atoms with Gasteiger partial charge in [0.1, 0.15) is 35.5 Å². The van der Waals surface area contributed by atoms with Crippen molar-refractivity contribution in [3.05, 3.63) is 51.6 Å². The molecule has 1 saturated heterocycles. The summed E-state index contributed by atoms with van der Waals surface area (Å²) in [4.78, 5) is 57.0. The first kappa shape index (κ1) is 32.4. The average molecular weight is 631 g/mol. The predicted molar refractivity (Wildman–Crippen MR) is 150 cm³/mol. The fourth-order valence-corrected chi connectivity index (χ4v) is 6.06. The van der Waals surface area contributed by atoms with Gasteiger partial charge in [0, 0.05) is 36.0 Å². The van der Waals surface area contributed by atoms with E-state index in [0.29, 0.717) is 0 Å². The molecule has 1 heterocycles. The maximum Gasteiger partial charge on any atom is 0.341 e. The number of rotatable bonds is 8. The topological polar surface area (TPSA) is 244 Å². The van der Waals surface area contributed by atoms with Gasteiger partial charge in [0.2, 0.25) is 5.78 Å². The van der Waals surface area contributed by atoms with Crippen LogP contribution in [-0.4, -0.2) is 98.8 Å². The van der Waals surface area contributed by atoms with Gasteiger partial charge in [0.15, 0.2) is 17.9 Å². The van der Waals surface area contributed by atoms with Crippen LogP contribution in [0.5, 0.6) is 17.2 Å². The number of hydrogen-bond acceptors (Lipinski definition) is 15. The van der Waals surface area contributed by atoms with Crippen LogP contribution in [0.2, 0.25) is 0 Å². The molecule has 1 aliphatic heterocycles. The number of carbonyl (C=O) groups is 4. The molecule has 2 aromatic carbocycles. The lowest BCUT2D eigenvalue weighted by molar-refractivity contribution is -0.256. The summed E-state index contributed by atoms with van der Waals surface area (Å²) >= 11 is 0. The van der Waals surface area contributed by atoms with Crippen LogP contribution in [0, 0.1) is 0 Å². The number of Topliss-reactive ketones (excluding diaryl/α,β-unsaturated/α-hetero) is 1. The van der Waals surface area contributed by atoms with Crippen molar-refractivity contribution in [3.63, 3.8) is 0 Å². The third kappa shape index (κ3) is 5.46. The number of nitrogens with two attached hydrogens (primary N) is 1. The second kappa shape index (κ2) is 12.1. The van der Waals surface area contributed by atoms with Gasteiger partial charge in [-0.1, -0.05) is 12.1 Å². The Kier molecular flexibility index (Phi) is 8.72. The van der Waals surface area contributed by atoms with Crippen molar-refractivity contribution < 1.29 is 63.8 Å². The van der Waals surface area contributed by atoms with Crippen LogP contribution in [0.15, 0.2) is 18.2 Å². The first-order chi connectivity index (χ1) is 21.2. The van der Waals surface area contributed by atoms with Gasteiger partial charge in [-0.3, -0.25) is 14.4 Å². The van der Waals surface area contributed by atoms with Crippen LogP contribution in [0.3, 0.4) is 0 Å². The van der Waals surface area contributed by atoms with Crippen LogP contribution < -0.4 is 16.0 Å². The molecule has 242 valence electrons. The summed E-state index contributed by atoms with van der Waals surface area (Å²) in [5.74, 6) is -4.84. The van der Waals surface area contributed by atoms with Gasteiger partial charge in [0.05, 0.1) is 48.2 Å². The predicted octanol–water partition coefficient (Wildman–Crippen LogP) is -0.562. The standard InChI is InChI=1S/C30H34N2O13/c1-11(31)29(40)45-32-15-7-19(43-12(2)24(15)35)44-17-9-30(41,18(34)10-33)8-14-21(17)28(39)23-22(26(14)37)25(36)13-5-4-6-16(42-3)20(13)27(23)38/h4-6,11-12,15,17,19,24,32-33,35,37,39,41H,7-10,31H2,1-3H3/t11-,12?,15?,17-,19?,24?,30-/m0/s1. The molecule has 45 heavy (non-hydrogen) atoms. The molecule has 2 aliphatic carbocycles. The molecule has 5 rings (SSSR count). The Morgan fingerprint density at radius 2 is 1.84 bits per heavy atom. The highest BCUT2D eigenvalue weighted by molar-refractivity contribution is 6.31. The van der Waals surface area contributed by atoms with Crippen molar-refractivity contribution in [1.82, 2.24) is 5.48 Å². The van der Waals surface area contributed by atoms with Crippen LogP contribution in [0.25, 0.3) is 0 Å². The van der Waals surface area contributed by atoms with Crippen molar-refractivity contribution in [1.29, 1.82) is 0 Å². The fraction of sp³-hybridized carbons (Fsp3) is 0.467. The quantitative estimate of drug-likeness (QED) is 0.122. The lowest BCUT2D eigenvalue weighted by Crippen LogP contribution is -2.55. The number of hydrogen-bond donors (Lipinski definition) is 7. The van der Waals surface area contributed by atoms with Gasteiger partial charge < -0.3 is 50.3 Å². The summed E-state index contributed by atoms with van der Waals surface area (Å²) in [5.41, 5.74) is 3.96. The largest absolute Gasteiger partial charge is 0.507 e. The van der Waals surface area contributed by atoms with Gasteiger partial charge in [0.25, 0.3) is 0 Å². The number of aliphatic hydroxyl groups excluding tert-OH is 2. The summed E-state index contributed by atoms with van der Waals surface area (Å²) < 4.78 is 17.2. The molecular formula is C30H34N2O13. The minimum absolute atomic E-state index is 0.0650. The Balaban J connectivity index is 1.58. The summed E-state index contributed by atoms with van der Waals surface area (Å²) in [5, 5.41) is 54.7. The second-order valence-electron chi connectivity index (χ2n) is 11.4. The zero-order chi connectivity index (χ0) is 33.0. The number of benzene rings is 2. The van der Waals surface area contributed by atoms with E-state index in [4.69, 9.17) is 24.8 Å². The SMILES string of the molecule is COc1cccc2c1C(=O)c1c(O)c3c(c(O)c1C2=O)C[C@@](O)(C(=O)CO)C[C@@H]3OC1CC(NOC(=O)[C@H](C)N)C(O)C(C)O1. The van der Waals surface area contributed by atoms with Crippen LogP contribution in [-0.2, 0) is 30.3 Å². The number of nitrogens with one attached hydrogen (secondary N) is 1. The third-order valence-corrected chi connectivity index (χ3v) is 8.44. The summed E-state index contributed by atoms with van der Waals surface area (Å²) in [7, 11) is 1.30. The highest BCUT2D eigenvalue weighted by Crippen LogP contribution is 2.52. The monoisotopic (exact) mass is 630 g/mol. The van der Waals surface area contributed by atoms with E-state index in [1.165, 1.54) is 39.2 Å². The van der Waals surface area contributed by atoms with Crippen molar-refractivity contribution in [2.75, 3.05) is 13.7 Å². The second-order valence-corrected chi connectivity index (χ2v) is 11.4. The molecule has 0 amide bonds. The smallest absolute Gasteiger partial charge is 0.341 e. The van der Waals surface area contributed by atoms with E-state index in [1.807, 2.05) is 0 Å². The molecule has 3 aliphatic rings. The van der Waals surface area contributed by atoms with Crippen molar-refractivity contribution in [2.45, 2.75) is 75.4 Å². The summed E-state index contributed by atoms with van der Waals surface area (Å²) in [6.45, 7) is 1.85. The molecule has 1 fully saturated rings. The number of fused-ring (bicyclic) bond motifs is 3. The first-order valence-electron chi connectivity index (χ1n) is 14.2. The molecule has 4 unspecified atom stereocenters. The maximum atomic E-state index is 13.8. The van der Waals surface area contributed by atoms with Crippen LogP contribution in [0.1, 0.15) is 75.8 Å². The van der Waals surface area contributed by atoms with E-state index in [1.54, 1.807) is 0 Å². The maximum absolute atomic E-state index is 13.8. The van der Waals surface area contributed by atoms with E-state index in [0.717, 1.165) is 0 Å². The van der Waals surface area contributed by atoms with Gasteiger partial charge in [-0.05, 0) is 19.9 Å². The number of aromatic hydroxyl groups is 2. The van der Waals surface area contributed by atoms with Gasteiger partial charge in [-0.15, -0.1) is 5.48 Å². The van der Waals surface area contributed by atoms with Crippen molar-refractivity contribution in [2.24, 2.45) is 5.73 Å². The molecule has 2 aromatic rings. The minimum Gasteiger partial charge on any atom is -0.507 e. The number of ketones is 3. The molecule has 7 atom stereocenters. The molecular weight excluding hydrogens is 596 g/mol. The highest BCUT2D eigenvalue weighted by atomic mass is 16.7. The lowest BCUT2D eigenvalue weighted by atomic mass is 9.72. The fourth-order valence-electron chi connectivity index (χ4n) is 6.06. The Morgan fingerprint density at radius 3 is 2.49 bits per heavy atom. The summed E-state index contributed by atoms with van der Waals surface area (Å²) in [6.07, 6.45) is -6.09. The number of methoxy groups -OCH3 is 1. The Labute approximate surface area is 256 Å². The van der Waals surface area contributed by atoms with Crippen molar-refractivity contribution in [3.8, 4) is 17.2 Å². The van der Waals surface area contributed by atoms with Gasteiger partial charge >= 0.3 is 5.97 Å². The van der Waals surface area contributed by atoms with E-state index in [9.17, 15) is 44.7 Å². The number of carbonyl (C=O) groups excluding carboxylic acids is 4. The first-order valence-corrected chi connectivity index (χ1v) is 14.2. The molecule has 15 heteroatoms. The molecule has 15 nitrogen and oxygen atoms in total. The highest BCUT2D eigenvalue weighted by Gasteiger charge is 2.50. The van der Waals surface area contributed by atoms with Crippen LogP contribution >= 0.6 is 0 Å². The van der Waals surface area contributed by atoms with E-state index in [-0.39, 0.29) is 34.4 Å². The molecule has 0 spiro atoms. The van der Waals surface area contributed by atoms with Gasteiger partial charge in [-0.25, -0.2) is 4.79 Å². The van der Waals surface area contributed by atoms with Gasteiger partial charge in [-0.2, -0.15) is 0 Å². The third-order valence-electron chi connectivity index (χ3n) is 8.44. The van der Waals surface area contributed by atoms with E-state index < -0.39 is 108 Å². The number of hydroxylamine groups is 1. The Bertz CT molecular complexity index is 1570. The van der Waals surface area contributed by atoms with Crippen LogP contribution in [0.4, 0.5) is 0 Å². The average Bonchev–Trinajstić information content (AvgIpc) is 3.01. The number of phenolic OH excluding ortho intramolecular Hbond substituents is 2. The van der Waals surface area contributed by atoms with E-state index in [2.05, 4.69) is 5.48 Å². The Hall–Kier alpha value is -3.96. The normalized spacial score (nSPS) is 28.0. The molecule has 0 aromatic heterocycles. The zero-order valence-electron chi connectivity index (χ0n) is 24.6. The number of ether oxygens (including phenoxy) is 3. The zero-order valence-corrected chi connectivity index (χ0v) is 24.6. The number of aliphatic hydroxyl groups is 3. The molecule has 0 radical (unpaired) electrons. The molecule has 8 N–H and O–H groups in total.